The minimum Gasteiger partial charge on any atom is -0.388 e. The van der Waals surface area contributed by atoms with Gasteiger partial charge in [-0.15, -0.1) is 0 Å². The lowest BCUT2D eigenvalue weighted by molar-refractivity contribution is 0.178. The molecule has 0 saturated heterocycles. The van der Waals surface area contributed by atoms with Gasteiger partial charge in [-0.3, -0.25) is 0 Å². The van der Waals surface area contributed by atoms with Gasteiger partial charge in [-0.2, -0.15) is 0 Å². The van der Waals surface area contributed by atoms with E-state index >= 15 is 0 Å². The van der Waals surface area contributed by atoms with Crippen LogP contribution in [0.5, 0.6) is 0 Å². The number of halogens is 2. The van der Waals surface area contributed by atoms with E-state index in [0.29, 0.717) is 12.0 Å². The highest BCUT2D eigenvalue weighted by Gasteiger charge is 2.10. The van der Waals surface area contributed by atoms with Gasteiger partial charge in [0.05, 0.1) is 11.1 Å². The van der Waals surface area contributed by atoms with E-state index in [1.807, 2.05) is 31.2 Å². The van der Waals surface area contributed by atoms with E-state index in [4.69, 9.17) is 11.6 Å². The van der Waals surface area contributed by atoms with Crippen LogP contribution in [0, 0.1) is 12.7 Å². The summed E-state index contributed by atoms with van der Waals surface area (Å²) in [5.41, 5.74) is 2.73. The van der Waals surface area contributed by atoms with Gasteiger partial charge in [0.1, 0.15) is 5.82 Å². The zero-order chi connectivity index (χ0) is 13.1. The third-order valence-corrected chi connectivity index (χ3v) is 3.18. The van der Waals surface area contributed by atoms with Crippen molar-refractivity contribution in [1.82, 2.24) is 0 Å². The molecule has 0 aliphatic heterocycles. The maximum Gasteiger partial charge on any atom is 0.142 e. The van der Waals surface area contributed by atoms with Crippen molar-refractivity contribution in [3.05, 3.63) is 70.0 Å². The van der Waals surface area contributed by atoms with Crippen LogP contribution in [0.3, 0.4) is 0 Å². The molecule has 1 atom stereocenters. The monoisotopic (exact) mass is 264 g/mol. The second-order valence-corrected chi connectivity index (χ2v) is 4.79. The molecule has 0 aliphatic carbocycles. The largest absolute Gasteiger partial charge is 0.388 e. The van der Waals surface area contributed by atoms with Crippen molar-refractivity contribution in [1.29, 1.82) is 0 Å². The number of aryl methyl sites for hydroxylation is 1. The van der Waals surface area contributed by atoms with E-state index in [9.17, 15) is 9.50 Å². The van der Waals surface area contributed by atoms with E-state index in [-0.39, 0.29) is 5.02 Å². The summed E-state index contributed by atoms with van der Waals surface area (Å²) in [4.78, 5) is 0. The second kappa shape index (κ2) is 5.51. The van der Waals surface area contributed by atoms with Crippen LogP contribution in [0.4, 0.5) is 4.39 Å². The topological polar surface area (TPSA) is 20.2 Å². The zero-order valence-electron chi connectivity index (χ0n) is 10.0. The van der Waals surface area contributed by atoms with E-state index in [1.165, 1.54) is 17.7 Å². The number of aliphatic hydroxyl groups excluding tert-OH is 1. The molecular formula is C15H14ClFO. The summed E-state index contributed by atoms with van der Waals surface area (Å²) in [6.07, 6.45) is -0.263. The molecule has 0 fully saturated rings. The van der Waals surface area contributed by atoms with Crippen LogP contribution in [0.2, 0.25) is 5.02 Å². The SMILES string of the molecule is Cc1ccc(CC(O)c2ccc(Cl)c(F)c2)cc1. The fourth-order valence-corrected chi connectivity index (χ4v) is 1.90. The highest BCUT2D eigenvalue weighted by Crippen LogP contribution is 2.23. The third kappa shape index (κ3) is 3.09. The van der Waals surface area contributed by atoms with Crippen molar-refractivity contribution < 1.29 is 9.50 Å². The number of rotatable bonds is 3. The van der Waals surface area contributed by atoms with Gasteiger partial charge in [-0.05, 0) is 30.2 Å². The molecule has 18 heavy (non-hydrogen) atoms. The number of hydrogen-bond donors (Lipinski definition) is 1. The summed E-state index contributed by atoms with van der Waals surface area (Å²) in [6, 6.07) is 12.3. The molecule has 1 nitrogen and oxygen atoms in total. The maximum absolute atomic E-state index is 13.3. The Morgan fingerprint density at radius 3 is 2.44 bits per heavy atom. The van der Waals surface area contributed by atoms with Gasteiger partial charge in [0.25, 0.3) is 0 Å². The van der Waals surface area contributed by atoms with E-state index in [2.05, 4.69) is 0 Å². The number of aliphatic hydroxyl groups is 1. The Morgan fingerprint density at radius 2 is 1.83 bits per heavy atom. The first-order chi connectivity index (χ1) is 8.56. The Hall–Kier alpha value is -1.38. The highest BCUT2D eigenvalue weighted by molar-refractivity contribution is 6.30. The summed E-state index contributed by atoms with van der Waals surface area (Å²) in [7, 11) is 0. The molecule has 2 rings (SSSR count). The predicted octanol–water partition coefficient (Wildman–Crippen LogP) is 4.06. The molecule has 1 N–H and O–H groups in total. The lowest BCUT2D eigenvalue weighted by Gasteiger charge is -2.11. The smallest absolute Gasteiger partial charge is 0.142 e. The lowest BCUT2D eigenvalue weighted by atomic mass is 10.0. The number of hydrogen-bond acceptors (Lipinski definition) is 1. The molecule has 0 aromatic heterocycles. The van der Waals surface area contributed by atoms with Crippen LogP contribution in [0.1, 0.15) is 22.8 Å². The molecule has 0 amide bonds. The first kappa shape index (κ1) is 13.1. The van der Waals surface area contributed by atoms with Crippen molar-refractivity contribution in [3.63, 3.8) is 0 Å². The van der Waals surface area contributed by atoms with Crippen LogP contribution in [-0.4, -0.2) is 5.11 Å². The van der Waals surface area contributed by atoms with Gasteiger partial charge in [-0.25, -0.2) is 4.39 Å². The average molecular weight is 265 g/mol. The predicted molar refractivity (Wildman–Crippen MR) is 71.3 cm³/mol. The van der Waals surface area contributed by atoms with Crippen LogP contribution in [-0.2, 0) is 6.42 Å². The van der Waals surface area contributed by atoms with Gasteiger partial charge >= 0.3 is 0 Å². The standard InChI is InChI=1S/C15H14ClFO/c1-10-2-4-11(5-3-10)8-15(18)12-6-7-13(16)14(17)9-12/h2-7,9,15,18H,8H2,1H3. The fraction of sp³-hybridized carbons (Fsp3) is 0.200. The van der Waals surface area contributed by atoms with Crippen molar-refractivity contribution >= 4 is 11.6 Å². The summed E-state index contributed by atoms with van der Waals surface area (Å²) >= 11 is 5.61. The van der Waals surface area contributed by atoms with Crippen molar-refractivity contribution in [3.8, 4) is 0 Å². The van der Waals surface area contributed by atoms with E-state index in [0.717, 1.165) is 5.56 Å². The Labute approximate surface area is 111 Å². The Kier molecular flexibility index (Phi) is 4.00. The molecule has 0 heterocycles. The zero-order valence-corrected chi connectivity index (χ0v) is 10.8. The average Bonchev–Trinajstić information content (AvgIpc) is 2.35. The van der Waals surface area contributed by atoms with Crippen molar-refractivity contribution in [2.45, 2.75) is 19.4 Å². The molecule has 1 unspecified atom stereocenters. The molecule has 94 valence electrons. The van der Waals surface area contributed by atoms with Crippen LogP contribution >= 0.6 is 11.6 Å². The molecule has 0 saturated carbocycles. The van der Waals surface area contributed by atoms with Gasteiger partial charge < -0.3 is 5.11 Å². The quantitative estimate of drug-likeness (QED) is 0.886. The summed E-state index contributed by atoms with van der Waals surface area (Å²) < 4.78 is 13.3. The maximum atomic E-state index is 13.3. The van der Waals surface area contributed by atoms with Crippen LogP contribution < -0.4 is 0 Å². The van der Waals surface area contributed by atoms with Crippen molar-refractivity contribution in [2.24, 2.45) is 0 Å². The Bertz CT molecular complexity index is 537. The molecule has 0 spiro atoms. The molecule has 0 bridgehead atoms. The minimum atomic E-state index is -0.723. The molecule has 0 aliphatic rings. The fourth-order valence-electron chi connectivity index (χ4n) is 1.78. The van der Waals surface area contributed by atoms with Crippen LogP contribution in [0.25, 0.3) is 0 Å². The first-order valence-electron chi connectivity index (χ1n) is 5.75. The third-order valence-electron chi connectivity index (χ3n) is 2.88. The molecule has 2 aromatic rings. The summed E-state index contributed by atoms with van der Waals surface area (Å²) in [5.74, 6) is -0.503. The second-order valence-electron chi connectivity index (χ2n) is 4.38. The summed E-state index contributed by atoms with van der Waals surface area (Å²) in [6.45, 7) is 2.01. The van der Waals surface area contributed by atoms with Gasteiger partial charge in [0.15, 0.2) is 0 Å². The molecular weight excluding hydrogens is 251 g/mol. The van der Waals surface area contributed by atoms with E-state index in [1.54, 1.807) is 6.07 Å². The van der Waals surface area contributed by atoms with E-state index < -0.39 is 11.9 Å². The lowest BCUT2D eigenvalue weighted by Crippen LogP contribution is -2.02. The Balaban J connectivity index is 2.13. The van der Waals surface area contributed by atoms with Crippen molar-refractivity contribution in [2.75, 3.05) is 0 Å². The van der Waals surface area contributed by atoms with Crippen LogP contribution in [0.15, 0.2) is 42.5 Å². The molecule has 2 aromatic carbocycles. The highest BCUT2D eigenvalue weighted by atomic mass is 35.5. The minimum absolute atomic E-state index is 0.0706. The molecule has 0 radical (unpaired) electrons. The van der Waals surface area contributed by atoms with Gasteiger partial charge in [0.2, 0.25) is 0 Å². The molecule has 3 heteroatoms. The van der Waals surface area contributed by atoms with Gasteiger partial charge in [-0.1, -0.05) is 47.5 Å². The Morgan fingerprint density at radius 1 is 1.17 bits per heavy atom. The normalized spacial score (nSPS) is 12.4. The van der Waals surface area contributed by atoms with Gasteiger partial charge in [0, 0.05) is 6.42 Å². The summed E-state index contributed by atoms with van der Waals surface area (Å²) in [5, 5.41) is 10.1. The first-order valence-corrected chi connectivity index (χ1v) is 6.12. The number of benzene rings is 2.